The zero-order valence-corrected chi connectivity index (χ0v) is 12.5. The van der Waals surface area contributed by atoms with Crippen molar-refractivity contribution in [1.29, 1.82) is 0 Å². The Kier molecular flexibility index (Phi) is 4.98. The van der Waals surface area contributed by atoms with Crippen LogP contribution in [-0.2, 0) is 0 Å². The van der Waals surface area contributed by atoms with Crippen LogP contribution >= 0.6 is 0 Å². The topological polar surface area (TPSA) is 106 Å². The molecule has 8 nitrogen and oxygen atoms in total. The maximum absolute atomic E-state index is 10.6. The van der Waals surface area contributed by atoms with E-state index in [0.29, 0.717) is 22.7 Å². The molecule has 2 rings (SSSR count). The summed E-state index contributed by atoms with van der Waals surface area (Å²) in [5.74, 6) is 0.811. The van der Waals surface area contributed by atoms with Crippen LogP contribution in [0.25, 0.3) is 0 Å². The van der Waals surface area contributed by atoms with Gasteiger partial charge >= 0.3 is 0 Å². The van der Waals surface area contributed by atoms with Crippen molar-refractivity contribution in [2.75, 3.05) is 19.6 Å². The largest absolute Gasteiger partial charge is 0.507 e. The second-order valence-electron chi connectivity index (χ2n) is 4.44. The van der Waals surface area contributed by atoms with Gasteiger partial charge in [-0.25, -0.2) is 0 Å². The Labute approximate surface area is 132 Å². The van der Waals surface area contributed by atoms with Crippen molar-refractivity contribution >= 4 is 17.6 Å². The maximum Gasteiger partial charge on any atom is 0.269 e. The number of hydrogen-bond donors (Lipinski definition) is 2. The molecule has 120 valence electrons. The lowest BCUT2D eigenvalue weighted by Gasteiger charge is -2.09. The molecule has 0 aliphatic rings. The molecule has 0 saturated heterocycles. The van der Waals surface area contributed by atoms with E-state index in [1.165, 1.54) is 50.8 Å². The molecule has 0 atom stereocenters. The summed E-state index contributed by atoms with van der Waals surface area (Å²) < 4.78 is 10.2. The molecule has 0 unspecified atom stereocenters. The van der Waals surface area contributed by atoms with Gasteiger partial charge in [-0.3, -0.25) is 15.5 Å². The van der Waals surface area contributed by atoms with Crippen LogP contribution in [-0.4, -0.2) is 30.5 Å². The Morgan fingerprint density at radius 3 is 2.48 bits per heavy atom. The molecule has 0 spiro atoms. The van der Waals surface area contributed by atoms with Crippen LogP contribution in [0.1, 0.15) is 5.56 Å². The average Bonchev–Trinajstić information content (AvgIpc) is 2.56. The lowest BCUT2D eigenvalue weighted by atomic mass is 10.2. The highest BCUT2D eigenvalue weighted by Crippen LogP contribution is 2.31. The first-order valence-corrected chi connectivity index (χ1v) is 6.53. The van der Waals surface area contributed by atoms with Crippen molar-refractivity contribution < 1.29 is 19.5 Å². The normalized spacial score (nSPS) is 10.5. The number of benzene rings is 2. The number of phenolic OH excluding ortho intramolecular Hbond substituents is 1. The Morgan fingerprint density at radius 1 is 1.22 bits per heavy atom. The number of nitro groups is 1. The van der Waals surface area contributed by atoms with Crippen molar-refractivity contribution in [3.63, 3.8) is 0 Å². The van der Waals surface area contributed by atoms with Crippen molar-refractivity contribution in [3.05, 3.63) is 52.1 Å². The van der Waals surface area contributed by atoms with Gasteiger partial charge in [0.2, 0.25) is 0 Å². The zero-order chi connectivity index (χ0) is 16.8. The molecule has 8 heteroatoms. The van der Waals surface area contributed by atoms with Crippen LogP contribution in [0, 0.1) is 10.1 Å². The number of nitrogens with zero attached hydrogens (tertiary/aromatic N) is 2. The third kappa shape index (κ3) is 3.88. The molecule has 0 aliphatic heterocycles. The molecule has 0 heterocycles. The van der Waals surface area contributed by atoms with Crippen LogP contribution in [0.5, 0.6) is 17.2 Å². The number of nitrogens with one attached hydrogen (secondary N) is 1. The van der Waals surface area contributed by atoms with Gasteiger partial charge in [-0.1, -0.05) is 0 Å². The first-order chi connectivity index (χ1) is 11.0. The third-order valence-electron chi connectivity index (χ3n) is 3.01. The third-order valence-corrected chi connectivity index (χ3v) is 3.01. The number of anilines is 1. The Morgan fingerprint density at radius 2 is 1.91 bits per heavy atom. The summed E-state index contributed by atoms with van der Waals surface area (Å²) in [5, 5.41) is 24.5. The molecule has 0 fully saturated rings. The van der Waals surface area contributed by atoms with Crippen LogP contribution < -0.4 is 14.9 Å². The number of methoxy groups -OCH3 is 2. The number of non-ortho nitro benzene ring substituents is 1. The van der Waals surface area contributed by atoms with Crippen molar-refractivity contribution in [1.82, 2.24) is 0 Å². The second kappa shape index (κ2) is 7.12. The zero-order valence-electron chi connectivity index (χ0n) is 12.5. The van der Waals surface area contributed by atoms with Crippen molar-refractivity contribution in [2.24, 2.45) is 5.10 Å². The predicted molar refractivity (Wildman–Crippen MR) is 85.5 cm³/mol. The fourth-order valence-corrected chi connectivity index (χ4v) is 1.83. The van der Waals surface area contributed by atoms with E-state index in [0.717, 1.165) is 0 Å². The summed E-state index contributed by atoms with van der Waals surface area (Å²) in [6.45, 7) is 0. The molecule has 2 aromatic rings. The summed E-state index contributed by atoms with van der Waals surface area (Å²) in [6, 6.07) is 8.84. The average molecular weight is 317 g/mol. The molecule has 0 aliphatic carbocycles. The quantitative estimate of drug-likeness (QED) is 0.482. The van der Waals surface area contributed by atoms with Gasteiger partial charge in [-0.15, -0.1) is 0 Å². The summed E-state index contributed by atoms with van der Waals surface area (Å²) in [6.07, 6.45) is 1.38. The first kappa shape index (κ1) is 16.1. The summed E-state index contributed by atoms with van der Waals surface area (Å²) in [4.78, 5) is 10.1. The van der Waals surface area contributed by atoms with Gasteiger partial charge in [0.1, 0.15) is 17.2 Å². The summed E-state index contributed by atoms with van der Waals surface area (Å²) >= 11 is 0. The van der Waals surface area contributed by atoms with Gasteiger partial charge in [0.15, 0.2) is 0 Å². The highest BCUT2D eigenvalue weighted by Gasteiger charge is 2.10. The lowest BCUT2D eigenvalue weighted by Crippen LogP contribution is -1.96. The molecule has 2 N–H and O–H groups in total. The van der Waals surface area contributed by atoms with E-state index >= 15 is 0 Å². The minimum absolute atomic E-state index is 0.00556. The van der Waals surface area contributed by atoms with Gasteiger partial charge in [-0.2, -0.15) is 5.10 Å². The van der Waals surface area contributed by atoms with Crippen LogP contribution in [0.3, 0.4) is 0 Å². The van der Waals surface area contributed by atoms with Gasteiger partial charge < -0.3 is 14.6 Å². The number of hydrogen-bond acceptors (Lipinski definition) is 7. The molecular weight excluding hydrogens is 302 g/mol. The van der Waals surface area contributed by atoms with Crippen molar-refractivity contribution in [2.45, 2.75) is 0 Å². The summed E-state index contributed by atoms with van der Waals surface area (Å²) in [5.41, 5.74) is 3.66. The smallest absolute Gasteiger partial charge is 0.269 e. The Hall–Kier alpha value is -3.29. The van der Waals surface area contributed by atoms with E-state index in [4.69, 9.17) is 9.47 Å². The van der Waals surface area contributed by atoms with E-state index in [9.17, 15) is 15.2 Å². The molecular formula is C15H15N3O5. The lowest BCUT2D eigenvalue weighted by molar-refractivity contribution is -0.384. The van der Waals surface area contributed by atoms with Crippen LogP contribution in [0.2, 0.25) is 0 Å². The van der Waals surface area contributed by atoms with E-state index in [1.807, 2.05) is 0 Å². The minimum atomic E-state index is -0.479. The molecule has 0 saturated carbocycles. The monoisotopic (exact) mass is 317 g/mol. The summed E-state index contributed by atoms with van der Waals surface area (Å²) in [7, 11) is 2.95. The standard InChI is InChI=1S/C15H15N3O5/c1-22-12-7-14(19)13(15(8-12)23-2)9-16-17-10-3-5-11(6-4-10)18(20)21/h3-9,17,19H,1-2H3/b16-9+. The van der Waals surface area contributed by atoms with Crippen LogP contribution in [0.15, 0.2) is 41.5 Å². The number of phenols is 1. The van der Waals surface area contributed by atoms with E-state index in [2.05, 4.69) is 10.5 Å². The fourth-order valence-electron chi connectivity index (χ4n) is 1.83. The molecule has 2 aromatic carbocycles. The maximum atomic E-state index is 10.6. The number of aromatic hydroxyl groups is 1. The molecule has 0 aromatic heterocycles. The van der Waals surface area contributed by atoms with E-state index < -0.39 is 4.92 Å². The van der Waals surface area contributed by atoms with Gasteiger partial charge in [0, 0.05) is 24.3 Å². The number of hydrazone groups is 1. The van der Waals surface area contributed by atoms with Crippen molar-refractivity contribution in [3.8, 4) is 17.2 Å². The minimum Gasteiger partial charge on any atom is -0.507 e. The molecule has 23 heavy (non-hydrogen) atoms. The molecule has 0 bridgehead atoms. The Bertz CT molecular complexity index is 729. The molecule has 0 amide bonds. The number of rotatable bonds is 6. The fraction of sp³-hybridized carbons (Fsp3) is 0.133. The van der Waals surface area contributed by atoms with Gasteiger partial charge in [0.25, 0.3) is 5.69 Å². The SMILES string of the molecule is COc1cc(O)c(/C=N/Nc2ccc([N+](=O)[O-])cc2)c(OC)c1. The highest BCUT2D eigenvalue weighted by atomic mass is 16.6. The number of nitro benzene ring substituents is 1. The predicted octanol–water partition coefficient (Wildman–Crippen LogP) is 2.76. The molecule has 0 radical (unpaired) electrons. The highest BCUT2D eigenvalue weighted by molar-refractivity contribution is 5.88. The number of ether oxygens (including phenoxy) is 2. The van der Waals surface area contributed by atoms with Gasteiger partial charge in [-0.05, 0) is 12.1 Å². The van der Waals surface area contributed by atoms with Gasteiger partial charge in [0.05, 0.1) is 36.6 Å². The second-order valence-corrected chi connectivity index (χ2v) is 4.44. The van der Waals surface area contributed by atoms with E-state index in [1.54, 1.807) is 6.07 Å². The Balaban J connectivity index is 2.15. The first-order valence-electron chi connectivity index (χ1n) is 6.53. The van der Waals surface area contributed by atoms with E-state index in [-0.39, 0.29) is 11.4 Å². The van der Waals surface area contributed by atoms with Crippen LogP contribution in [0.4, 0.5) is 11.4 Å².